The lowest BCUT2D eigenvalue weighted by Gasteiger charge is -2.31. The molecule has 1 aliphatic carbocycles. The molecule has 16 heavy (non-hydrogen) atoms. The fourth-order valence-electron chi connectivity index (χ4n) is 2.41. The van der Waals surface area contributed by atoms with Crippen LogP contribution >= 0.6 is 0 Å². The number of nitrogens with one attached hydrogen (secondary N) is 1. The zero-order valence-corrected chi connectivity index (χ0v) is 10.9. The second-order valence-corrected chi connectivity index (χ2v) is 6.51. The lowest BCUT2D eigenvalue weighted by molar-refractivity contribution is 0.282. The largest absolute Gasteiger partial charge is 0.330 e. The van der Waals surface area contributed by atoms with Crippen LogP contribution in [0.5, 0.6) is 0 Å². The maximum absolute atomic E-state index is 11.8. The molecule has 3 N–H and O–H groups in total. The van der Waals surface area contributed by atoms with Crippen LogP contribution < -0.4 is 10.5 Å². The van der Waals surface area contributed by atoms with Crippen molar-refractivity contribution in [2.45, 2.75) is 51.5 Å². The van der Waals surface area contributed by atoms with Gasteiger partial charge in [0.2, 0.25) is 10.0 Å². The van der Waals surface area contributed by atoms with Crippen molar-refractivity contribution < 1.29 is 8.42 Å². The van der Waals surface area contributed by atoms with E-state index in [2.05, 4.69) is 11.6 Å². The average molecular weight is 248 g/mol. The molecule has 0 aromatic carbocycles. The van der Waals surface area contributed by atoms with Crippen molar-refractivity contribution in [3.8, 4) is 0 Å². The summed E-state index contributed by atoms with van der Waals surface area (Å²) < 4.78 is 26.4. The molecule has 0 aliphatic heterocycles. The van der Waals surface area contributed by atoms with Crippen LogP contribution in [0.15, 0.2) is 0 Å². The van der Waals surface area contributed by atoms with Gasteiger partial charge < -0.3 is 5.73 Å². The first-order chi connectivity index (χ1) is 7.59. The quantitative estimate of drug-likeness (QED) is 0.742. The maximum Gasteiger partial charge on any atom is 0.211 e. The number of nitrogens with two attached hydrogens (primary N) is 1. The third kappa shape index (κ3) is 4.39. The molecule has 2 unspecified atom stereocenters. The summed E-state index contributed by atoms with van der Waals surface area (Å²) in [5.41, 5.74) is 5.33. The van der Waals surface area contributed by atoms with Crippen molar-refractivity contribution in [2.75, 3.05) is 12.3 Å². The minimum atomic E-state index is -3.12. The molecule has 0 aromatic heterocycles. The third-order valence-corrected chi connectivity index (χ3v) is 4.87. The summed E-state index contributed by atoms with van der Waals surface area (Å²) in [6.07, 6.45) is 6.12. The predicted octanol–water partition coefficient (Wildman–Crippen LogP) is 1.22. The van der Waals surface area contributed by atoms with Crippen LogP contribution in [0.2, 0.25) is 0 Å². The van der Waals surface area contributed by atoms with Crippen LogP contribution in [0.4, 0.5) is 0 Å². The first-order valence-electron chi connectivity index (χ1n) is 6.29. The summed E-state index contributed by atoms with van der Waals surface area (Å²) in [5, 5.41) is 0. The molecule has 0 amide bonds. The van der Waals surface area contributed by atoms with Gasteiger partial charge in [0.25, 0.3) is 0 Å². The van der Waals surface area contributed by atoms with E-state index in [1.54, 1.807) is 0 Å². The molecular weight excluding hydrogens is 224 g/mol. The molecule has 0 spiro atoms. The Balaban J connectivity index is 2.50. The normalized spacial score (nSPS) is 26.9. The second-order valence-electron chi connectivity index (χ2n) is 4.64. The molecule has 4 nitrogen and oxygen atoms in total. The van der Waals surface area contributed by atoms with Gasteiger partial charge >= 0.3 is 0 Å². The molecule has 0 radical (unpaired) electrons. The first-order valence-corrected chi connectivity index (χ1v) is 7.94. The Hall–Kier alpha value is -0.130. The summed E-state index contributed by atoms with van der Waals surface area (Å²) in [7, 11) is -3.12. The van der Waals surface area contributed by atoms with Crippen LogP contribution in [0.25, 0.3) is 0 Å². The van der Waals surface area contributed by atoms with Gasteiger partial charge in [0.1, 0.15) is 0 Å². The van der Waals surface area contributed by atoms with E-state index in [1.807, 2.05) is 0 Å². The molecule has 2 atom stereocenters. The zero-order valence-electron chi connectivity index (χ0n) is 10.1. The molecule has 96 valence electrons. The lowest BCUT2D eigenvalue weighted by Crippen LogP contribution is -2.43. The summed E-state index contributed by atoms with van der Waals surface area (Å²) in [4.78, 5) is 0. The third-order valence-electron chi connectivity index (χ3n) is 3.38. The molecule has 0 aromatic rings. The van der Waals surface area contributed by atoms with Gasteiger partial charge in [-0.2, -0.15) is 0 Å². The Labute approximate surface area is 99.0 Å². The standard InChI is InChI=1S/C11H24N2O2S/c1-2-10-6-3-4-7-11(10)13-16(14,15)9-5-8-12/h10-11,13H,2-9,12H2,1H3. The number of sulfonamides is 1. The van der Waals surface area contributed by atoms with Gasteiger partial charge in [0.15, 0.2) is 0 Å². The Morgan fingerprint density at radius 2 is 2.00 bits per heavy atom. The Morgan fingerprint density at radius 1 is 1.31 bits per heavy atom. The Morgan fingerprint density at radius 3 is 2.62 bits per heavy atom. The molecule has 1 aliphatic rings. The first kappa shape index (κ1) is 13.9. The van der Waals surface area contributed by atoms with Gasteiger partial charge in [-0.3, -0.25) is 0 Å². The van der Waals surface area contributed by atoms with E-state index in [9.17, 15) is 8.42 Å². The van der Waals surface area contributed by atoms with Crippen LogP contribution in [0.1, 0.15) is 45.4 Å². The molecule has 0 bridgehead atoms. The highest BCUT2D eigenvalue weighted by Crippen LogP contribution is 2.27. The summed E-state index contributed by atoms with van der Waals surface area (Å²) >= 11 is 0. The van der Waals surface area contributed by atoms with Crippen molar-refractivity contribution in [1.82, 2.24) is 4.72 Å². The number of hydrogen-bond acceptors (Lipinski definition) is 3. The van der Waals surface area contributed by atoms with Gasteiger partial charge in [-0.25, -0.2) is 13.1 Å². The fraction of sp³-hybridized carbons (Fsp3) is 1.00. The topological polar surface area (TPSA) is 72.2 Å². The molecule has 0 saturated heterocycles. The van der Waals surface area contributed by atoms with Crippen LogP contribution in [-0.4, -0.2) is 26.8 Å². The van der Waals surface area contributed by atoms with Crippen LogP contribution in [0.3, 0.4) is 0 Å². The van der Waals surface area contributed by atoms with Crippen molar-refractivity contribution in [1.29, 1.82) is 0 Å². The van der Waals surface area contributed by atoms with Crippen molar-refractivity contribution >= 4 is 10.0 Å². The van der Waals surface area contributed by atoms with Gasteiger partial charge in [-0.15, -0.1) is 0 Å². The summed E-state index contributed by atoms with van der Waals surface area (Å²) in [6.45, 7) is 2.57. The second kappa shape index (κ2) is 6.57. The van der Waals surface area contributed by atoms with Crippen molar-refractivity contribution in [2.24, 2.45) is 11.7 Å². The molecule has 1 rings (SSSR count). The Bertz CT molecular complexity index is 290. The summed E-state index contributed by atoms with van der Waals surface area (Å²) in [5.74, 6) is 0.678. The highest BCUT2D eigenvalue weighted by atomic mass is 32.2. The van der Waals surface area contributed by atoms with E-state index in [0.717, 1.165) is 25.7 Å². The lowest BCUT2D eigenvalue weighted by atomic mass is 9.83. The van der Waals surface area contributed by atoms with Crippen molar-refractivity contribution in [3.63, 3.8) is 0 Å². The molecule has 0 heterocycles. The minimum Gasteiger partial charge on any atom is -0.330 e. The van der Waals surface area contributed by atoms with E-state index in [0.29, 0.717) is 18.9 Å². The average Bonchev–Trinajstić information content (AvgIpc) is 2.27. The van der Waals surface area contributed by atoms with E-state index >= 15 is 0 Å². The number of hydrogen-bond donors (Lipinski definition) is 2. The van der Waals surface area contributed by atoms with Gasteiger partial charge in [-0.05, 0) is 31.7 Å². The van der Waals surface area contributed by atoms with E-state index in [1.165, 1.54) is 6.42 Å². The van der Waals surface area contributed by atoms with E-state index in [-0.39, 0.29) is 11.8 Å². The van der Waals surface area contributed by atoms with Gasteiger partial charge in [0.05, 0.1) is 5.75 Å². The van der Waals surface area contributed by atoms with E-state index in [4.69, 9.17) is 5.73 Å². The van der Waals surface area contributed by atoms with Gasteiger partial charge in [-0.1, -0.05) is 26.2 Å². The highest BCUT2D eigenvalue weighted by Gasteiger charge is 2.27. The highest BCUT2D eigenvalue weighted by molar-refractivity contribution is 7.89. The Kier molecular flexibility index (Phi) is 5.72. The summed E-state index contributed by atoms with van der Waals surface area (Å²) in [6, 6.07) is 0.154. The predicted molar refractivity (Wildman–Crippen MR) is 66.6 cm³/mol. The zero-order chi connectivity index (χ0) is 12.0. The van der Waals surface area contributed by atoms with Crippen LogP contribution in [-0.2, 0) is 10.0 Å². The smallest absolute Gasteiger partial charge is 0.211 e. The maximum atomic E-state index is 11.8. The van der Waals surface area contributed by atoms with Crippen LogP contribution in [0, 0.1) is 5.92 Å². The monoisotopic (exact) mass is 248 g/mol. The van der Waals surface area contributed by atoms with Crippen molar-refractivity contribution in [3.05, 3.63) is 0 Å². The molecule has 5 heteroatoms. The molecule has 1 fully saturated rings. The molecular formula is C11H24N2O2S. The molecule has 1 saturated carbocycles. The fourth-order valence-corrected chi connectivity index (χ4v) is 3.85. The van der Waals surface area contributed by atoms with Gasteiger partial charge in [0, 0.05) is 6.04 Å². The minimum absolute atomic E-state index is 0.154. The van der Waals surface area contributed by atoms with E-state index < -0.39 is 10.0 Å². The number of rotatable bonds is 6. The SMILES string of the molecule is CCC1CCCCC1NS(=O)(=O)CCCN.